The molecule has 0 atom stereocenters. The van der Waals surface area contributed by atoms with Crippen LogP contribution in [-0.4, -0.2) is 118 Å². The summed E-state index contributed by atoms with van der Waals surface area (Å²) in [5, 5.41) is 0. The Morgan fingerprint density at radius 1 is 0.912 bits per heavy atom. The van der Waals surface area contributed by atoms with Crippen molar-refractivity contribution in [3.05, 3.63) is 18.2 Å². The second-order valence-corrected chi connectivity index (χ2v) is 10.3. The van der Waals surface area contributed by atoms with E-state index in [4.69, 9.17) is 14.2 Å². The lowest BCUT2D eigenvalue weighted by molar-refractivity contribution is -0.134. The first-order valence-corrected chi connectivity index (χ1v) is 13.1. The maximum atomic E-state index is 13.2. The summed E-state index contributed by atoms with van der Waals surface area (Å²) in [4.78, 5) is 30.0. The van der Waals surface area contributed by atoms with Gasteiger partial charge in [-0.05, 0) is 19.1 Å². The Labute approximate surface area is 200 Å². The molecule has 0 aliphatic carbocycles. The van der Waals surface area contributed by atoms with Crippen molar-refractivity contribution in [3.8, 4) is 11.5 Å². The minimum atomic E-state index is -3.67. The molecule has 3 aliphatic rings. The van der Waals surface area contributed by atoms with Gasteiger partial charge in [0, 0.05) is 64.8 Å². The fourth-order valence-electron chi connectivity index (χ4n) is 4.23. The average molecular weight is 497 g/mol. The SMILES string of the molecule is CCOC(=O)N1CCN(C(=O)CN2CCN(S(=O)(=O)c3ccc4c(c3)OCCCO4)CC2)CC1. The van der Waals surface area contributed by atoms with Crippen LogP contribution in [0.25, 0.3) is 0 Å². The normalized spacial score (nSPS) is 20.0. The van der Waals surface area contributed by atoms with E-state index in [1.807, 2.05) is 4.90 Å². The van der Waals surface area contributed by atoms with Crippen LogP contribution in [0.2, 0.25) is 0 Å². The van der Waals surface area contributed by atoms with Gasteiger partial charge in [-0.15, -0.1) is 0 Å². The lowest BCUT2D eigenvalue weighted by atomic mass is 10.3. The van der Waals surface area contributed by atoms with E-state index >= 15 is 0 Å². The molecule has 12 heteroatoms. The summed E-state index contributed by atoms with van der Waals surface area (Å²) in [5.74, 6) is 0.997. The van der Waals surface area contributed by atoms with Crippen LogP contribution in [-0.2, 0) is 19.6 Å². The number of carbonyl (C=O) groups excluding carboxylic acids is 2. The van der Waals surface area contributed by atoms with Gasteiger partial charge in [0.05, 0.1) is 31.3 Å². The third-order valence-corrected chi connectivity index (χ3v) is 8.10. The number of carbonyl (C=O) groups is 2. The van der Waals surface area contributed by atoms with Crippen LogP contribution in [0.3, 0.4) is 0 Å². The molecule has 0 spiro atoms. The van der Waals surface area contributed by atoms with Crippen molar-refractivity contribution in [3.63, 3.8) is 0 Å². The number of amides is 2. The quantitative estimate of drug-likeness (QED) is 0.578. The Bertz CT molecular complexity index is 987. The van der Waals surface area contributed by atoms with Gasteiger partial charge < -0.3 is 24.0 Å². The van der Waals surface area contributed by atoms with E-state index in [1.165, 1.54) is 10.4 Å². The molecule has 1 aromatic rings. The highest BCUT2D eigenvalue weighted by Gasteiger charge is 2.31. The van der Waals surface area contributed by atoms with Gasteiger partial charge in [0.2, 0.25) is 15.9 Å². The summed E-state index contributed by atoms with van der Waals surface area (Å²) < 4.78 is 44.0. The summed E-state index contributed by atoms with van der Waals surface area (Å²) >= 11 is 0. The van der Waals surface area contributed by atoms with Gasteiger partial charge in [-0.25, -0.2) is 13.2 Å². The molecule has 0 radical (unpaired) electrons. The molecule has 2 saturated heterocycles. The van der Waals surface area contributed by atoms with Crippen molar-refractivity contribution in [1.82, 2.24) is 19.0 Å². The standard InChI is InChI=1S/C22H32N4O7S/c1-2-31-22(28)25-10-8-24(9-11-25)21(27)17-23-6-12-26(13-7-23)34(29,30)18-4-5-19-20(16-18)33-15-3-14-32-19/h4-5,16H,2-3,6-15,17H2,1H3. The van der Waals surface area contributed by atoms with Crippen LogP contribution in [0.4, 0.5) is 4.79 Å². The zero-order valence-electron chi connectivity index (χ0n) is 19.5. The fourth-order valence-corrected chi connectivity index (χ4v) is 5.66. The second-order valence-electron chi connectivity index (χ2n) is 8.41. The molecule has 188 valence electrons. The first kappa shape index (κ1) is 24.6. The van der Waals surface area contributed by atoms with Gasteiger partial charge in [-0.1, -0.05) is 0 Å². The fraction of sp³-hybridized carbons (Fsp3) is 0.636. The van der Waals surface area contributed by atoms with E-state index in [0.717, 1.165) is 6.42 Å². The van der Waals surface area contributed by atoms with E-state index in [1.54, 1.807) is 28.9 Å². The van der Waals surface area contributed by atoms with Crippen molar-refractivity contribution in [2.24, 2.45) is 0 Å². The molecule has 0 N–H and O–H groups in total. The number of sulfonamides is 1. The highest BCUT2D eigenvalue weighted by atomic mass is 32.2. The Hall–Kier alpha value is -2.57. The molecule has 0 unspecified atom stereocenters. The maximum Gasteiger partial charge on any atom is 0.409 e. The first-order valence-electron chi connectivity index (χ1n) is 11.7. The van der Waals surface area contributed by atoms with Crippen molar-refractivity contribution in [2.75, 3.05) is 78.7 Å². The molecule has 0 saturated carbocycles. The lowest BCUT2D eigenvalue weighted by Crippen LogP contribution is -2.55. The number of hydrogen-bond donors (Lipinski definition) is 0. The molecule has 3 aliphatic heterocycles. The summed E-state index contributed by atoms with van der Waals surface area (Å²) in [6.07, 6.45) is 0.402. The van der Waals surface area contributed by atoms with Crippen LogP contribution in [0, 0.1) is 0 Å². The summed E-state index contributed by atoms with van der Waals surface area (Å²) in [5.41, 5.74) is 0. The predicted molar refractivity (Wildman–Crippen MR) is 122 cm³/mol. The zero-order valence-corrected chi connectivity index (χ0v) is 20.3. The number of ether oxygens (including phenoxy) is 3. The van der Waals surface area contributed by atoms with Crippen LogP contribution >= 0.6 is 0 Å². The number of rotatable bonds is 5. The third kappa shape index (κ3) is 5.56. The Balaban J connectivity index is 1.27. The maximum absolute atomic E-state index is 13.2. The predicted octanol–water partition coefficient (Wildman–Crippen LogP) is 0.455. The Kier molecular flexibility index (Phi) is 7.79. The summed E-state index contributed by atoms with van der Waals surface area (Å²) in [6, 6.07) is 4.72. The molecule has 34 heavy (non-hydrogen) atoms. The lowest BCUT2D eigenvalue weighted by Gasteiger charge is -2.37. The molecule has 0 aromatic heterocycles. The second kappa shape index (κ2) is 10.8. The minimum Gasteiger partial charge on any atom is -0.490 e. The smallest absolute Gasteiger partial charge is 0.409 e. The number of hydrogen-bond acceptors (Lipinski definition) is 8. The number of benzene rings is 1. The topological polar surface area (TPSA) is 109 Å². The van der Waals surface area contributed by atoms with Crippen molar-refractivity contribution >= 4 is 22.0 Å². The molecule has 1 aromatic carbocycles. The molecule has 4 rings (SSSR count). The van der Waals surface area contributed by atoms with E-state index in [-0.39, 0.29) is 23.4 Å². The monoisotopic (exact) mass is 496 g/mol. The van der Waals surface area contributed by atoms with Crippen molar-refractivity contribution in [1.29, 1.82) is 0 Å². The van der Waals surface area contributed by atoms with E-state index < -0.39 is 10.0 Å². The van der Waals surface area contributed by atoms with E-state index in [0.29, 0.717) is 83.7 Å². The summed E-state index contributed by atoms with van der Waals surface area (Å²) in [6.45, 7) is 6.75. The van der Waals surface area contributed by atoms with Gasteiger partial charge in [0.15, 0.2) is 11.5 Å². The third-order valence-electron chi connectivity index (χ3n) is 6.21. The van der Waals surface area contributed by atoms with Gasteiger partial charge in [-0.2, -0.15) is 4.31 Å². The van der Waals surface area contributed by atoms with Crippen molar-refractivity contribution in [2.45, 2.75) is 18.2 Å². The van der Waals surface area contributed by atoms with Crippen molar-refractivity contribution < 1.29 is 32.2 Å². The number of nitrogens with zero attached hydrogens (tertiary/aromatic N) is 4. The molecule has 2 fully saturated rings. The van der Waals surface area contributed by atoms with Gasteiger partial charge in [-0.3, -0.25) is 9.69 Å². The van der Waals surface area contributed by atoms with Gasteiger partial charge in [0.1, 0.15) is 0 Å². The molecule has 3 heterocycles. The largest absolute Gasteiger partial charge is 0.490 e. The molecule has 0 bridgehead atoms. The number of piperazine rings is 2. The first-order chi connectivity index (χ1) is 16.4. The van der Waals surface area contributed by atoms with Gasteiger partial charge >= 0.3 is 6.09 Å². The van der Waals surface area contributed by atoms with Crippen LogP contribution < -0.4 is 9.47 Å². The Morgan fingerprint density at radius 3 is 2.24 bits per heavy atom. The molecular formula is C22H32N4O7S. The number of fused-ring (bicyclic) bond motifs is 1. The van der Waals surface area contributed by atoms with Gasteiger partial charge in [0.25, 0.3) is 0 Å². The van der Waals surface area contributed by atoms with E-state index in [2.05, 4.69) is 0 Å². The Morgan fingerprint density at radius 2 is 1.56 bits per heavy atom. The van der Waals surface area contributed by atoms with Crippen LogP contribution in [0.15, 0.2) is 23.1 Å². The average Bonchev–Trinajstić information content (AvgIpc) is 3.09. The molecular weight excluding hydrogens is 464 g/mol. The summed E-state index contributed by atoms with van der Waals surface area (Å²) in [7, 11) is -3.67. The minimum absolute atomic E-state index is 0.0114. The highest BCUT2D eigenvalue weighted by Crippen LogP contribution is 2.33. The molecule has 2 amide bonds. The van der Waals surface area contributed by atoms with Crippen LogP contribution in [0.5, 0.6) is 11.5 Å². The highest BCUT2D eigenvalue weighted by molar-refractivity contribution is 7.89. The molecule has 11 nitrogen and oxygen atoms in total. The zero-order chi connectivity index (χ0) is 24.1. The van der Waals surface area contributed by atoms with Crippen LogP contribution in [0.1, 0.15) is 13.3 Å². The van der Waals surface area contributed by atoms with E-state index in [9.17, 15) is 18.0 Å².